The van der Waals surface area contributed by atoms with Gasteiger partial charge in [0.05, 0.1) is 17.4 Å². The lowest BCUT2D eigenvalue weighted by Crippen LogP contribution is -2.27. The molecule has 0 N–H and O–H groups in total. The highest BCUT2D eigenvalue weighted by atomic mass is 35.5. The number of aromatic nitrogens is 3. The summed E-state index contributed by atoms with van der Waals surface area (Å²) in [5.74, 6) is 0. The second kappa shape index (κ2) is 4.24. The summed E-state index contributed by atoms with van der Waals surface area (Å²) >= 11 is 5.89. The zero-order valence-electron chi connectivity index (χ0n) is 10.7. The Morgan fingerprint density at radius 1 is 1.44 bits per heavy atom. The SMILES string of the molecule is Cc1nc(Cl)cc2c1cnn2C(=O)OC(C)(C)C. The minimum Gasteiger partial charge on any atom is -0.442 e. The minimum absolute atomic E-state index is 0.324. The smallest absolute Gasteiger partial charge is 0.435 e. The van der Waals surface area contributed by atoms with Crippen LogP contribution in [0.3, 0.4) is 0 Å². The summed E-state index contributed by atoms with van der Waals surface area (Å²) in [5.41, 5.74) is 0.760. The molecular formula is C12H14ClN3O2. The van der Waals surface area contributed by atoms with Crippen molar-refractivity contribution in [3.05, 3.63) is 23.1 Å². The first-order valence-corrected chi connectivity index (χ1v) is 5.90. The molecule has 0 amide bonds. The van der Waals surface area contributed by atoms with Crippen molar-refractivity contribution in [2.75, 3.05) is 0 Å². The van der Waals surface area contributed by atoms with E-state index in [1.807, 2.05) is 6.92 Å². The summed E-state index contributed by atoms with van der Waals surface area (Å²) in [6.45, 7) is 7.22. The number of halogens is 1. The first-order valence-electron chi connectivity index (χ1n) is 5.52. The molecule has 0 bridgehead atoms. The zero-order chi connectivity index (χ0) is 13.5. The first-order chi connectivity index (χ1) is 8.28. The van der Waals surface area contributed by atoms with Crippen molar-refractivity contribution in [3.8, 4) is 0 Å². The van der Waals surface area contributed by atoms with Crippen LogP contribution in [0, 0.1) is 6.92 Å². The van der Waals surface area contributed by atoms with Crippen molar-refractivity contribution >= 4 is 28.6 Å². The van der Waals surface area contributed by atoms with E-state index in [2.05, 4.69) is 10.1 Å². The maximum absolute atomic E-state index is 12.0. The van der Waals surface area contributed by atoms with Crippen LogP contribution in [0.1, 0.15) is 26.5 Å². The number of carbonyl (C=O) groups excluding carboxylic acids is 1. The summed E-state index contributed by atoms with van der Waals surface area (Å²) < 4.78 is 6.46. The number of ether oxygens (including phenoxy) is 1. The molecule has 0 fully saturated rings. The van der Waals surface area contributed by atoms with Crippen LogP contribution >= 0.6 is 11.6 Å². The third-order valence-electron chi connectivity index (χ3n) is 2.29. The molecule has 0 aromatic carbocycles. The van der Waals surface area contributed by atoms with Crippen LogP contribution in [0.25, 0.3) is 10.9 Å². The van der Waals surface area contributed by atoms with Gasteiger partial charge in [-0.15, -0.1) is 0 Å². The lowest BCUT2D eigenvalue weighted by Gasteiger charge is -2.19. The maximum atomic E-state index is 12.0. The fourth-order valence-electron chi connectivity index (χ4n) is 1.59. The van der Waals surface area contributed by atoms with E-state index in [9.17, 15) is 4.79 Å². The van der Waals surface area contributed by atoms with Gasteiger partial charge < -0.3 is 4.74 Å². The van der Waals surface area contributed by atoms with Gasteiger partial charge in [-0.25, -0.2) is 9.78 Å². The highest BCUT2D eigenvalue weighted by Gasteiger charge is 2.20. The zero-order valence-corrected chi connectivity index (χ0v) is 11.4. The molecule has 18 heavy (non-hydrogen) atoms. The second-order valence-corrected chi connectivity index (χ2v) is 5.39. The number of hydrogen-bond donors (Lipinski definition) is 0. The third kappa shape index (κ3) is 2.46. The van der Waals surface area contributed by atoms with Gasteiger partial charge in [0, 0.05) is 11.5 Å². The Morgan fingerprint density at radius 2 is 2.11 bits per heavy atom. The Balaban J connectivity index is 2.49. The molecule has 96 valence electrons. The Morgan fingerprint density at radius 3 is 2.72 bits per heavy atom. The molecule has 0 unspecified atom stereocenters. The number of rotatable bonds is 0. The average Bonchev–Trinajstić information content (AvgIpc) is 2.58. The van der Waals surface area contributed by atoms with Gasteiger partial charge in [0.15, 0.2) is 0 Å². The average molecular weight is 268 g/mol. The van der Waals surface area contributed by atoms with Crippen LogP contribution in [0.15, 0.2) is 12.3 Å². The predicted octanol–water partition coefficient (Wildman–Crippen LogP) is 3.18. The van der Waals surface area contributed by atoms with Crippen LogP contribution in [-0.4, -0.2) is 26.5 Å². The van der Waals surface area contributed by atoms with E-state index in [1.54, 1.807) is 33.0 Å². The fraction of sp³-hybridized carbons (Fsp3) is 0.417. The normalized spacial score (nSPS) is 11.8. The lowest BCUT2D eigenvalue weighted by molar-refractivity contribution is 0.0523. The molecule has 0 aliphatic carbocycles. The first kappa shape index (κ1) is 12.8. The van der Waals surface area contributed by atoms with Crippen LogP contribution in [0.5, 0.6) is 0 Å². The molecule has 6 heteroatoms. The Bertz CT molecular complexity index is 614. The summed E-state index contributed by atoms with van der Waals surface area (Å²) in [4.78, 5) is 16.1. The van der Waals surface area contributed by atoms with E-state index < -0.39 is 11.7 Å². The molecule has 0 aliphatic heterocycles. The molecule has 2 heterocycles. The van der Waals surface area contributed by atoms with Crippen LogP contribution in [-0.2, 0) is 4.74 Å². The number of aryl methyl sites for hydroxylation is 1. The summed E-state index contributed by atoms with van der Waals surface area (Å²) in [6.07, 6.45) is 1.05. The van der Waals surface area contributed by atoms with Gasteiger partial charge in [0.2, 0.25) is 0 Å². The van der Waals surface area contributed by atoms with Gasteiger partial charge in [0.25, 0.3) is 0 Å². The largest absolute Gasteiger partial charge is 0.442 e. The fourth-order valence-corrected chi connectivity index (χ4v) is 1.82. The van der Waals surface area contributed by atoms with Gasteiger partial charge in [-0.05, 0) is 27.7 Å². The van der Waals surface area contributed by atoms with E-state index >= 15 is 0 Å². The van der Waals surface area contributed by atoms with Crippen molar-refractivity contribution in [2.45, 2.75) is 33.3 Å². The number of pyridine rings is 1. The molecule has 0 saturated carbocycles. The van der Waals surface area contributed by atoms with Gasteiger partial charge in [-0.2, -0.15) is 9.78 Å². The van der Waals surface area contributed by atoms with E-state index in [0.717, 1.165) is 11.1 Å². The van der Waals surface area contributed by atoms with E-state index in [0.29, 0.717) is 10.7 Å². The predicted molar refractivity (Wildman–Crippen MR) is 68.9 cm³/mol. The number of hydrogen-bond acceptors (Lipinski definition) is 4. The molecule has 0 radical (unpaired) electrons. The number of carbonyl (C=O) groups is 1. The third-order valence-corrected chi connectivity index (χ3v) is 2.49. The Hall–Kier alpha value is -1.62. The molecule has 2 rings (SSSR count). The summed E-state index contributed by atoms with van der Waals surface area (Å²) in [6, 6.07) is 1.60. The van der Waals surface area contributed by atoms with Gasteiger partial charge in [-0.3, -0.25) is 0 Å². The minimum atomic E-state index is -0.568. The van der Waals surface area contributed by atoms with Crippen molar-refractivity contribution in [1.29, 1.82) is 0 Å². The van der Waals surface area contributed by atoms with E-state index in [1.165, 1.54) is 4.68 Å². The maximum Gasteiger partial charge on any atom is 0.435 e. The summed E-state index contributed by atoms with van der Waals surface area (Å²) in [5, 5.41) is 5.13. The quantitative estimate of drug-likeness (QED) is 0.688. The van der Waals surface area contributed by atoms with Gasteiger partial charge in [0.1, 0.15) is 10.8 Å². The standard InChI is InChI=1S/C12H14ClN3O2/c1-7-8-6-14-16(9(8)5-10(13)15-7)11(17)18-12(2,3)4/h5-6H,1-4H3. The molecule has 2 aromatic heterocycles. The highest BCUT2D eigenvalue weighted by Crippen LogP contribution is 2.21. The van der Waals surface area contributed by atoms with Crippen LogP contribution < -0.4 is 0 Å². The molecule has 2 aromatic rings. The number of fused-ring (bicyclic) bond motifs is 1. The topological polar surface area (TPSA) is 57.0 Å². The molecular weight excluding hydrogens is 254 g/mol. The summed E-state index contributed by atoms with van der Waals surface area (Å²) in [7, 11) is 0. The Labute approximate surface area is 110 Å². The number of nitrogens with zero attached hydrogens (tertiary/aromatic N) is 3. The molecule has 0 aliphatic rings. The van der Waals surface area contributed by atoms with Crippen molar-refractivity contribution in [1.82, 2.24) is 14.8 Å². The van der Waals surface area contributed by atoms with Gasteiger partial charge >= 0.3 is 6.09 Å². The molecule has 5 nitrogen and oxygen atoms in total. The lowest BCUT2D eigenvalue weighted by atomic mass is 10.2. The molecule has 0 spiro atoms. The van der Waals surface area contributed by atoms with Crippen molar-refractivity contribution < 1.29 is 9.53 Å². The highest BCUT2D eigenvalue weighted by molar-refractivity contribution is 6.30. The van der Waals surface area contributed by atoms with Crippen molar-refractivity contribution in [2.24, 2.45) is 0 Å². The monoisotopic (exact) mass is 267 g/mol. The molecule has 0 saturated heterocycles. The van der Waals surface area contributed by atoms with Crippen LogP contribution in [0.2, 0.25) is 5.15 Å². The molecule has 0 atom stereocenters. The van der Waals surface area contributed by atoms with E-state index in [-0.39, 0.29) is 0 Å². The Kier molecular flexibility index (Phi) is 3.02. The van der Waals surface area contributed by atoms with Crippen LogP contribution in [0.4, 0.5) is 4.79 Å². The van der Waals surface area contributed by atoms with Gasteiger partial charge in [-0.1, -0.05) is 11.6 Å². The van der Waals surface area contributed by atoms with E-state index in [4.69, 9.17) is 16.3 Å². The second-order valence-electron chi connectivity index (χ2n) is 5.00. The van der Waals surface area contributed by atoms with Crippen molar-refractivity contribution in [3.63, 3.8) is 0 Å².